The van der Waals surface area contributed by atoms with E-state index in [1.165, 1.54) is 18.2 Å². The molecule has 2 aromatic rings. The molecule has 0 aromatic heterocycles. The van der Waals surface area contributed by atoms with Crippen LogP contribution in [-0.4, -0.2) is 13.2 Å². The van der Waals surface area contributed by atoms with E-state index in [1.807, 2.05) is 30.3 Å². The fraction of sp³-hybridized carbons (Fsp3) is 0.176. The molecule has 0 aliphatic rings. The third kappa shape index (κ3) is 4.11. The van der Waals surface area contributed by atoms with Gasteiger partial charge in [0, 0.05) is 6.07 Å². The van der Waals surface area contributed by atoms with Gasteiger partial charge in [-0.05, 0) is 17.7 Å². The summed E-state index contributed by atoms with van der Waals surface area (Å²) in [5.74, 6) is 2.46. The van der Waals surface area contributed by atoms with Crippen LogP contribution in [-0.2, 0) is 11.3 Å². The number of benzene rings is 2. The number of rotatable bonds is 6. The zero-order chi connectivity index (χ0) is 14.2. The molecule has 0 heterocycles. The summed E-state index contributed by atoms with van der Waals surface area (Å²) in [5.41, 5.74) is 1.64. The molecule has 0 saturated carbocycles. The molecule has 3 heteroatoms. The monoisotopic (exact) mass is 270 g/mol. The van der Waals surface area contributed by atoms with Gasteiger partial charge in [-0.25, -0.2) is 4.39 Å². The zero-order valence-corrected chi connectivity index (χ0v) is 11.0. The van der Waals surface area contributed by atoms with Crippen molar-refractivity contribution in [3.8, 4) is 18.1 Å². The molecule has 2 aromatic carbocycles. The first-order valence-electron chi connectivity index (χ1n) is 6.30. The number of terminal acetylenes is 1. The van der Waals surface area contributed by atoms with Crippen LogP contribution in [0.2, 0.25) is 0 Å². The topological polar surface area (TPSA) is 18.5 Å². The fourth-order valence-corrected chi connectivity index (χ4v) is 1.71. The molecule has 2 nitrogen and oxygen atoms in total. The largest absolute Gasteiger partial charge is 0.490 e. The van der Waals surface area contributed by atoms with Crippen molar-refractivity contribution in [2.75, 3.05) is 13.2 Å². The average Bonchev–Trinajstić information content (AvgIpc) is 2.48. The standard InChI is InChI=1S/C17H15FO2/c1-2-15-8-9-16(18)12-17(15)20-11-10-19-13-14-6-4-3-5-7-14/h1,3-9,12H,10-11,13H2. The second-order valence-electron chi connectivity index (χ2n) is 4.17. The molecule has 2 rings (SSSR count). The van der Waals surface area contributed by atoms with Crippen LogP contribution in [0.1, 0.15) is 11.1 Å². The highest BCUT2D eigenvalue weighted by Gasteiger charge is 2.03. The van der Waals surface area contributed by atoms with Crippen LogP contribution in [0.3, 0.4) is 0 Å². The predicted molar refractivity (Wildman–Crippen MR) is 75.9 cm³/mol. The Morgan fingerprint density at radius 2 is 1.85 bits per heavy atom. The summed E-state index contributed by atoms with van der Waals surface area (Å²) >= 11 is 0. The van der Waals surface area contributed by atoms with E-state index in [9.17, 15) is 4.39 Å². The first kappa shape index (κ1) is 14.1. The van der Waals surface area contributed by atoms with Gasteiger partial charge in [0.1, 0.15) is 18.2 Å². The Morgan fingerprint density at radius 3 is 2.60 bits per heavy atom. The molecule has 0 saturated heterocycles. The van der Waals surface area contributed by atoms with Crippen molar-refractivity contribution >= 4 is 0 Å². The molecule has 0 amide bonds. The lowest BCUT2D eigenvalue weighted by molar-refractivity contribution is 0.0887. The smallest absolute Gasteiger partial charge is 0.137 e. The summed E-state index contributed by atoms with van der Waals surface area (Å²) in [6, 6.07) is 14.0. The Bertz CT molecular complexity index is 588. The van der Waals surface area contributed by atoms with E-state index in [4.69, 9.17) is 15.9 Å². The highest BCUT2D eigenvalue weighted by Crippen LogP contribution is 2.18. The molecule has 0 fully saturated rings. The summed E-state index contributed by atoms with van der Waals surface area (Å²) < 4.78 is 24.0. The van der Waals surface area contributed by atoms with Crippen molar-refractivity contribution in [2.24, 2.45) is 0 Å². The van der Waals surface area contributed by atoms with Gasteiger partial charge in [0.15, 0.2) is 0 Å². The third-order valence-electron chi connectivity index (χ3n) is 2.70. The van der Waals surface area contributed by atoms with Crippen molar-refractivity contribution in [1.82, 2.24) is 0 Å². The van der Waals surface area contributed by atoms with Gasteiger partial charge < -0.3 is 9.47 Å². The average molecular weight is 270 g/mol. The lowest BCUT2D eigenvalue weighted by Crippen LogP contribution is -2.07. The Labute approximate surface area is 118 Å². The van der Waals surface area contributed by atoms with Gasteiger partial charge >= 0.3 is 0 Å². The van der Waals surface area contributed by atoms with Crippen LogP contribution < -0.4 is 4.74 Å². The van der Waals surface area contributed by atoms with Crippen molar-refractivity contribution in [3.63, 3.8) is 0 Å². The molecule has 20 heavy (non-hydrogen) atoms. The number of hydrogen-bond donors (Lipinski definition) is 0. The molecular weight excluding hydrogens is 255 g/mol. The van der Waals surface area contributed by atoms with Crippen LogP contribution in [0.4, 0.5) is 4.39 Å². The van der Waals surface area contributed by atoms with E-state index < -0.39 is 0 Å². The van der Waals surface area contributed by atoms with Crippen molar-refractivity contribution in [3.05, 3.63) is 65.5 Å². The molecule has 0 atom stereocenters. The van der Waals surface area contributed by atoms with Gasteiger partial charge in [-0.2, -0.15) is 0 Å². The van der Waals surface area contributed by atoms with E-state index in [2.05, 4.69) is 5.92 Å². The molecule has 0 unspecified atom stereocenters. The van der Waals surface area contributed by atoms with Gasteiger partial charge in [0.25, 0.3) is 0 Å². The molecular formula is C17H15FO2. The minimum atomic E-state index is -0.371. The highest BCUT2D eigenvalue weighted by atomic mass is 19.1. The molecule has 102 valence electrons. The Balaban J connectivity index is 1.76. The van der Waals surface area contributed by atoms with Gasteiger partial charge in [-0.15, -0.1) is 6.42 Å². The Morgan fingerprint density at radius 1 is 1.05 bits per heavy atom. The highest BCUT2D eigenvalue weighted by molar-refractivity contribution is 5.44. The molecule has 0 spiro atoms. The quantitative estimate of drug-likeness (QED) is 0.591. The molecule has 0 aliphatic heterocycles. The predicted octanol–water partition coefficient (Wildman–Crippen LogP) is 3.40. The van der Waals surface area contributed by atoms with E-state index in [1.54, 1.807) is 0 Å². The van der Waals surface area contributed by atoms with Gasteiger partial charge in [-0.3, -0.25) is 0 Å². The molecule has 0 radical (unpaired) electrons. The Kier molecular flexibility index (Phi) is 5.16. The van der Waals surface area contributed by atoms with Gasteiger partial charge in [0.2, 0.25) is 0 Å². The van der Waals surface area contributed by atoms with E-state index in [0.29, 0.717) is 31.1 Å². The summed E-state index contributed by atoms with van der Waals surface area (Å²) in [6.07, 6.45) is 5.32. The maximum absolute atomic E-state index is 13.1. The van der Waals surface area contributed by atoms with Crippen LogP contribution in [0.5, 0.6) is 5.75 Å². The maximum atomic E-state index is 13.1. The summed E-state index contributed by atoms with van der Waals surface area (Å²) in [4.78, 5) is 0. The summed E-state index contributed by atoms with van der Waals surface area (Å²) in [6.45, 7) is 1.26. The van der Waals surface area contributed by atoms with Gasteiger partial charge in [0.05, 0.1) is 18.8 Å². The second-order valence-corrected chi connectivity index (χ2v) is 4.17. The second kappa shape index (κ2) is 7.32. The van der Waals surface area contributed by atoms with E-state index in [0.717, 1.165) is 5.56 Å². The first-order valence-corrected chi connectivity index (χ1v) is 6.30. The lowest BCUT2D eigenvalue weighted by Gasteiger charge is -2.09. The number of ether oxygens (including phenoxy) is 2. The van der Waals surface area contributed by atoms with E-state index in [-0.39, 0.29) is 5.82 Å². The SMILES string of the molecule is C#Cc1ccc(F)cc1OCCOCc1ccccc1. The molecule has 0 N–H and O–H groups in total. The minimum Gasteiger partial charge on any atom is -0.490 e. The van der Waals surface area contributed by atoms with Crippen LogP contribution in [0.25, 0.3) is 0 Å². The fourth-order valence-electron chi connectivity index (χ4n) is 1.71. The summed E-state index contributed by atoms with van der Waals surface area (Å²) in [5, 5.41) is 0. The zero-order valence-electron chi connectivity index (χ0n) is 11.0. The van der Waals surface area contributed by atoms with Crippen molar-refractivity contribution in [1.29, 1.82) is 0 Å². The van der Waals surface area contributed by atoms with E-state index >= 15 is 0 Å². The lowest BCUT2D eigenvalue weighted by atomic mass is 10.2. The van der Waals surface area contributed by atoms with Crippen LogP contribution in [0.15, 0.2) is 48.5 Å². The van der Waals surface area contributed by atoms with Crippen LogP contribution in [0, 0.1) is 18.2 Å². The van der Waals surface area contributed by atoms with Crippen molar-refractivity contribution < 1.29 is 13.9 Å². The third-order valence-corrected chi connectivity index (χ3v) is 2.70. The van der Waals surface area contributed by atoms with Gasteiger partial charge in [-0.1, -0.05) is 36.3 Å². The number of halogens is 1. The number of hydrogen-bond acceptors (Lipinski definition) is 2. The normalized spacial score (nSPS) is 10.0. The minimum absolute atomic E-state index is 0.324. The summed E-state index contributed by atoms with van der Waals surface area (Å²) in [7, 11) is 0. The molecule has 0 bridgehead atoms. The maximum Gasteiger partial charge on any atom is 0.137 e. The first-order chi connectivity index (χ1) is 9.79. The van der Waals surface area contributed by atoms with Crippen LogP contribution >= 0.6 is 0 Å². The van der Waals surface area contributed by atoms with Crippen molar-refractivity contribution in [2.45, 2.75) is 6.61 Å². The molecule has 0 aliphatic carbocycles. The Hall–Kier alpha value is -2.31.